The van der Waals surface area contributed by atoms with Gasteiger partial charge in [-0.15, -0.1) is 11.6 Å². The van der Waals surface area contributed by atoms with Crippen molar-refractivity contribution in [3.8, 4) is 0 Å². The maximum Gasteiger partial charge on any atom is 0.0368 e. The average molecular weight is 259 g/mol. The second kappa shape index (κ2) is 7.06. The summed E-state index contributed by atoms with van der Waals surface area (Å²) < 4.78 is 0. The first kappa shape index (κ1) is 13.0. The standard InChI is InChI=1S/C14H27ClSi/c15-9-4-10-16-11-7-14(8-12-16)13-5-2-1-3-6-13/h13-14,16H,1-12H2. The lowest BCUT2D eigenvalue weighted by Crippen LogP contribution is -2.27. The minimum absolute atomic E-state index is 0.321. The molecule has 0 aromatic rings. The van der Waals surface area contributed by atoms with Crippen LogP contribution in [0, 0.1) is 11.8 Å². The van der Waals surface area contributed by atoms with Crippen LogP contribution in [0.5, 0.6) is 0 Å². The monoisotopic (exact) mass is 258 g/mol. The summed E-state index contributed by atoms with van der Waals surface area (Å²) in [6.07, 6.45) is 12.1. The van der Waals surface area contributed by atoms with Crippen LogP contribution in [0.4, 0.5) is 0 Å². The lowest BCUT2D eigenvalue weighted by atomic mass is 9.77. The van der Waals surface area contributed by atoms with Gasteiger partial charge in [0.25, 0.3) is 0 Å². The molecule has 2 fully saturated rings. The van der Waals surface area contributed by atoms with Crippen LogP contribution in [0.1, 0.15) is 51.4 Å². The van der Waals surface area contributed by atoms with E-state index in [1.807, 2.05) is 0 Å². The molecule has 2 aliphatic rings. The van der Waals surface area contributed by atoms with Crippen LogP contribution < -0.4 is 0 Å². The normalized spacial score (nSPS) is 32.8. The minimum atomic E-state index is -0.321. The topological polar surface area (TPSA) is 0 Å². The molecule has 2 heteroatoms. The van der Waals surface area contributed by atoms with Crippen molar-refractivity contribution >= 4 is 20.4 Å². The third-order valence-corrected chi connectivity index (χ3v) is 8.75. The molecule has 0 unspecified atom stereocenters. The van der Waals surface area contributed by atoms with E-state index in [2.05, 4.69) is 0 Å². The van der Waals surface area contributed by atoms with Gasteiger partial charge in [0.15, 0.2) is 0 Å². The highest BCUT2D eigenvalue weighted by Gasteiger charge is 2.28. The molecule has 0 bridgehead atoms. The Morgan fingerprint density at radius 2 is 1.50 bits per heavy atom. The van der Waals surface area contributed by atoms with Crippen LogP contribution in [0.3, 0.4) is 0 Å². The van der Waals surface area contributed by atoms with Crippen molar-refractivity contribution in [2.75, 3.05) is 5.88 Å². The second-order valence-electron chi connectivity index (χ2n) is 6.01. The van der Waals surface area contributed by atoms with E-state index in [-0.39, 0.29) is 8.80 Å². The zero-order valence-corrected chi connectivity index (χ0v) is 12.5. The van der Waals surface area contributed by atoms with Gasteiger partial charge in [0.2, 0.25) is 0 Å². The lowest BCUT2D eigenvalue weighted by molar-refractivity contribution is 0.230. The highest BCUT2D eigenvalue weighted by atomic mass is 35.5. The van der Waals surface area contributed by atoms with Gasteiger partial charge in [0.1, 0.15) is 0 Å². The molecule has 0 amide bonds. The fourth-order valence-corrected chi connectivity index (χ4v) is 7.78. The fraction of sp³-hybridized carbons (Fsp3) is 1.00. The maximum absolute atomic E-state index is 5.79. The fourth-order valence-electron chi connectivity index (χ4n) is 3.92. The van der Waals surface area contributed by atoms with Gasteiger partial charge >= 0.3 is 0 Å². The molecule has 1 aliphatic carbocycles. The third kappa shape index (κ3) is 3.77. The zero-order chi connectivity index (χ0) is 11.2. The molecule has 2 rings (SSSR count). The van der Waals surface area contributed by atoms with Gasteiger partial charge in [-0.1, -0.05) is 63.1 Å². The zero-order valence-electron chi connectivity index (χ0n) is 10.6. The highest BCUT2D eigenvalue weighted by molar-refractivity contribution is 6.59. The quantitative estimate of drug-likeness (QED) is 0.500. The lowest BCUT2D eigenvalue weighted by Gasteiger charge is -2.35. The van der Waals surface area contributed by atoms with E-state index in [1.165, 1.54) is 31.7 Å². The van der Waals surface area contributed by atoms with Crippen molar-refractivity contribution < 1.29 is 0 Å². The molecule has 1 saturated carbocycles. The van der Waals surface area contributed by atoms with Crippen molar-refractivity contribution in [1.29, 1.82) is 0 Å². The smallest absolute Gasteiger partial charge is 0.0368 e. The van der Waals surface area contributed by atoms with Gasteiger partial charge in [0.05, 0.1) is 0 Å². The third-order valence-electron chi connectivity index (χ3n) is 4.95. The van der Waals surface area contributed by atoms with Gasteiger partial charge in [-0.05, 0) is 18.3 Å². The Morgan fingerprint density at radius 1 is 0.875 bits per heavy atom. The Bertz CT molecular complexity index is 181. The maximum atomic E-state index is 5.79. The van der Waals surface area contributed by atoms with Crippen LogP contribution in [-0.4, -0.2) is 14.7 Å². The predicted octanol–water partition coefficient (Wildman–Crippen LogP) is 4.83. The van der Waals surface area contributed by atoms with E-state index in [0.29, 0.717) is 0 Å². The summed E-state index contributed by atoms with van der Waals surface area (Å²) in [6.45, 7) is 0. The van der Waals surface area contributed by atoms with E-state index < -0.39 is 0 Å². The molecule has 0 radical (unpaired) electrons. The first-order valence-electron chi connectivity index (χ1n) is 7.46. The summed E-state index contributed by atoms with van der Waals surface area (Å²) in [7, 11) is -0.321. The van der Waals surface area contributed by atoms with Gasteiger partial charge in [-0.3, -0.25) is 0 Å². The molecule has 0 atom stereocenters. The van der Waals surface area contributed by atoms with Crippen LogP contribution in [0.15, 0.2) is 0 Å². The van der Waals surface area contributed by atoms with Gasteiger partial charge in [0, 0.05) is 14.7 Å². The molecule has 0 aromatic heterocycles. The van der Waals surface area contributed by atoms with Crippen LogP contribution in [0.2, 0.25) is 18.1 Å². The number of rotatable bonds is 4. The Labute approximate surface area is 108 Å². The summed E-state index contributed by atoms with van der Waals surface area (Å²) in [4.78, 5) is 0. The Kier molecular flexibility index (Phi) is 5.71. The second-order valence-corrected chi connectivity index (χ2v) is 9.85. The number of hydrogen-bond acceptors (Lipinski definition) is 0. The van der Waals surface area contributed by atoms with Gasteiger partial charge in [-0.2, -0.15) is 0 Å². The van der Waals surface area contributed by atoms with E-state index in [0.717, 1.165) is 17.7 Å². The first-order valence-corrected chi connectivity index (χ1v) is 10.4. The Morgan fingerprint density at radius 3 is 2.12 bits per heavy atom. The summed E-state index contributed by atoms with van der Waals surface area (Å²) in [5, 5.41) is 0. The molecular weight excluding hydrogens is 232 g/mol. The predicted molar refractivity (Wildman–Crippen MR) is 76.2 cm³/mol. The van der Waals surface area contributed by atoms with Gasteiger partial charge in [-0.25, -0.2) is 0 Å². The molecule has 0 aromatic carbocycles. The molecule has 1 heterocycles. The summed E-state index contributed by atoms with van der Waals surface area (Å²) in [6, 6.07) is 4.80. The van der Waals surface area contributed by atoms with E-state index in [1.54, 1.807) is 37.8 Å². The van der Waals surface area contributed by atoms with Crippen molar-refractivity contribution in [2.24, 2.45) is 11.8 Å². The van der Waals surface area contributed by atoms with Crippen molar-refractivity contribution in [2.45, 2.75) is 69.5 Å². The molecule has 16 heavy (non-hydrogen) atoms. The molecule has 94 valence electrons. The van der Waals surface area contributed by atoms with Crippen LogP contribution >= 0.6 is 11.6 Å². The van der Waals surface area contributed by atoms with Crippen LogP contribution in [0.25, 0.3) is 0 Å². The SMILES string of the molecule is ClCCC[SiH]1CCC(C2CCCCC2)CC1. The molecule has 0 spiro atoms. The van der Waals surface area contributed by atoms with E-state index in [9.17, 15) is 0 Å². The summed E-state index contributed by atoms with van der Waals surface area (Å²) in [5.41, 5.74) is 0. The Hall–Kier alpha value is 0.507. The molecule has 0 N–H and O–H groups in total. The number of halogens is 1. The van der Waals surface area contributed by atoms with Crippen molar-refractivity contribution in [3.63, 3.8) is 0 Å². The van der Waals surface area contributed by atoms with Crippen molar-refractivity contribution in [1.82, 2.24) is 0 Å². The highest BCUT2D eigenvalue weighted by Crippen LogP contribution is 2.39. The van der Waals surface area contributed by atoms with Crippen LogP contribution in [-0.2, 0) is 0 Å². The number of alkyl halides is 1. The molecular formula is C14H27ClSi. The summed E-state index contributed by atoms with van der Waals surface area (Å²) in [5.74, 6) is 3.15. The molecule has 1 aliphatic heterocycles. The molecule has 0 nitrogen and oxygen atoms in total. The Balaban J connectivity index is 1.67. The van der Waals surface area contributed by atoms with Gasteiger partial charge < -0.3 is 0 Å². The van der Waals surface area contributed by atoms with E-state index >= 15 is 0 Å². The molecule has 1 saturated heterocycles. The average Bonchev–Trinajstić information content (AvgIpc) is 2.38. The summed E-state index contributed by atoms with van der Waals surface area (Å²) >= 11 is 5.79. The van der Waals surface area contributed by atoms with E-state index in [4.69, 9.17) is 11.6 Å². The minimum Gasteiger partial charge on any atom is -0.127 e. The van der Waals surface area contributed by atoms with Crippen molar-refractivity contribution in [3.05, 3.63) is 0 Å². The first-order chi connectivity index (χ1) is 7.90. The number of hydrogen-bond donors (Lipinski definition) is 0. The largest absolute Gasteiger partial charge is 0.127 e.